The Balaban J connectivity index is 1.37. The highest BCUT2D eigenvalue weighted by Crippen LogP contribution is 2.41. The number of likely N-dealkylation sites (tertiary alicyclic amines) is 1. The second kappa shape index (κ2) is 9.16. The van der Waals surface area contributed by atoms with Crippen molar-refractivity contribution >= 4 is 33.3 Å². The Labute approximate surface area is 191 Å². The minimum Gasteiger partial charge on any atom is -0.480 e. The fourth-order valence-electron chi connectivity index (χ4n) is 4.27. The minimum absolute atomic E-state index is 0.0219. The summed E-state index contributed by atoms with van der Waals surface area (Å²) in [5.41, 5.74) is 0.564. The number of rotatable bonds is 6. The third-order valence-electron chi connectivity index (χ3n) is 6.16. The first-order valence-electron chi connectivity index (χ1n) is 10.3. The number of hydrogen-bond donors (Lipinski definition) is 0. The SMILES string of the molecule is COc1ncc(C=CC(=O)N2CCC3(CCN(S(=O)(=O)c4cccs4)CC3)C2)c(OC)n1. The summed E-state index contributed by atoms with van der Waals surface area (Å²) in [5, 5.41) is 1.78. The van der Waals surface area contributed by atoms with Crippen LogP contribution >= 0.6 is 11.3 Å². The van der Waals surface area contributed by atoms with E-state index in [1.807, 2.05) is 4.90 Å². The van der Waals surface area contributed by atoms with Gasteiger partial charge in [0.2, 0.25) is 11.8 Å². The van der Waals surface area contributed by atoms with Gasteiger partial charge in [0.15, 0.2) is 0 Å². The molecule has 0 unspecified atom stereocenters. The van der Waals surface area contributed by atoms with Gasteiger partial charge in [-0.15, -0.1) is 11.3 Å². The van der Waals surface area contributed by atoms with E-state index in [9.17, 15) is 13.2 Å². The predicted octanol–water partition coefficient (Wildman–Crippen LogP) is 2.27. The Hall–Kier alpha value is -2.50. The molecular formula is C21H26N4O5S2. The van der Waals surface area contributed by atoms with Crippen molar-refractivity contribution in [2.45, 2.75) is 23.5 Å². The Morgan fingerprint density at radius 1 is 1.19 bits per heavy atom. The molecule has 0 radical (unpaired) electrons. The summed E-state index contributed by atoms with van der Waals surface area (Å²) in [4.78, 5) is 22.8. The number of sulfonamides is 1. The number of carbonyl (C=O) groups excluding carboxylic acids is 1. The highest BCUT2D eigenvalue weighted by molar-refractivity contribution is 7.91. The number of piperidine rings is 1. The summed E-state index contributed by atoms with van der Waals surface area (Å²) >= 11 is 1.24. The summed E-state index contributed by atoms with van der Waals surface area (Å²) in [6.07, 6.45) is 7.08. The average molecular weight is 479 g/mol. The Bertz CT molecular complexity index is 1090. The zero-order valence-corrected chi connectivity index (χ0v) is 19.7. The normalized spacial score (nSPS) is 19.0. The van der Waals surface area contributed by atoms with Crippen LogP contribution in [-0.2, 0) is 14.8 Å². The minimum atomic E-state index is -3.42. The van der Waals surface area contributed by atoms with Crippen LogP contribution in [0.2, 0.25) is 0 Å². The number of amides is 1. The molecule has 2 aromatic rings. The molecule has 2 aromatic heterocycles. The molecule has 2 aliphatic heterocycles. The van der Waals surface area contributed by atoms with E-state index >= 15 is 0 Å². The molecule has 0 saturated carbocycles. The molecule has 0 aliphatic carbocycles. The smallest absolute Gasteiger partial charge is 0.319 e. The van der Waals surface area contributed by atoms with Crippen molar-refractivity contribution in [1.29, 1.82) is 0 Å². The van der Waals surface area contributed by atoms with Gasteiger partial charge in [0, 0.05) is 38.5 Å². The van der Waals surface area contributed by atoms with Crippen molar-refractivity contribution in [3.8, 4) is 11.9 Å². The maximum atomic E-state index is 12.8. The van der Waals surface area contributed by atoms with E-state index in [0.717, 1.165) is 19.3 Å². The van der Waals surface area contributed by atoms with Gasteiger partial charge in [-0.3, -0.25) is 4.79 Å². The van der Waals surface area contributed by atoms with Crippen molar-refractivity contribution in [2.24, 2.45) is 5.41 Å². The Morgan fingerprint density at radius 3 is 2.59 bits per heavy atom. The molecule has 0 N–H and O–H groups in total. The highest BCUT2D eigenvalue weighted by atomic mass is 32.2. The van der Waals surface area contributed by atoms with Crippen molar-refractivity contribution in [3.63, 3.8) is 0 Å². The number of carbonyl (C=O) groups is 1. The molecule has 2 aliphatic rings. The number of methoxy groups -OCH3 is 2. The Morgan fingerprint density at radius 2 is 1.94 bits per heavy atom. The third-order valence-corrected chi connectivity index (χ3v) is 9.43. The summed E-state index contributed by atoms with van der Waals surface area (Å²) in [5.74, 6) is 0.242. The van der Waals surface area contributed by atoms with Crippen molar-refractivity contribution in [2.75, 3.05) is 40.4 Å². The van der Waals surface area contributed by atoms with Gasteiger partial charge in [-0.05, 0) is 42.2 Å². The fraction of sp³-hybridized carbons (Fsp3) is 0.476. The van der Waals surface area contributed by atoms with Crippen LogP contribution in [0.3, 0.4) is 0 Å². The van der Waals surface area contributed by atoms with Crippen molar-refractivity contribution in [3.05, 3.63) is 35.3 Å². The van der Waals surface area contributed by atoms with Gasteiger partial charge in [0.05, 0.1) is 19.8 Å². The summed E-state index contributed by atoms with van der Waals surface area (Å²) < 4.78 is 37.7. The van der Waals surface area contributed by atoms with Gasteiger partial charge in [-0.25, -0.2) is 13.4 Å². The molecule has 32 heavy (non-hydrogen) atoms. The molecule has 0 aromatic carbocycles. The molecule has 4 heterocycles. The van der Waals surface area contributed by atoms with E-state index in [0.29, 0.717) is 41.8 Å². The number of ether oxygens (including phenoxy) is 2. The van der Waals surface area contributed by atoms with Crippen LogP contribution in [0.15, 0.2) is 34.0 Å². The topological polar surface area (TPSA) is 102 Å². The zero-order chi connectivity index (χ0) is 22.8. The summed E-state index contributed by atoms with van der Waals surface area (Å²) in [6, 6.07) is 3.60. The van der Waals surface area contributed by atoms with E-state index in [1.54, 1.807) is 34.1 Å². The van der Waals surface area contributed by atoms with Crippen molar-refractivity contribution < 1.29 is 22.7 Å². The second-order valence-electron chi connectivity index (χ2n) is 8.00. The van der Waals surface area contributed by atoms with Gasteiger partial charge in [-0.2, -0.15) is 9.29 Å². The van der Waals surface area contributed by atoms with Gasteiger partial charge in [-0.1, -0.05) is 6.07 Å². The van der Waals surface area contributed by atoms with Crippen LogP contribution in [-0.4, -0.2) is 73.9 Å². The molecular weight excluding hydrogens is 452 g/mol. The lowest BCUT2D eigenvalue weighted by Gasteiger charge is -2.38. The number of nitrogens with zero attached hydrogens (tertiary/aromatic N) is 4. The lowest BCUT2D eigenvalue weighted by Crippen LogP contribution is -2.44. The van der Waals surface area contributed by atoms with E-state index in [4.69, 9.17) is 9.47 Å². The summed E-state index contributed by atoms with van der Waals surface area (Å²) in [6.45, 7) is 2.27. The second-order valence-corrected chi connectivity index (χ2v) is 11.1. The number of aromatic nitrogens is 2. The van der Waals surface area contributed by atoms with Gasteiger partial charge in [0.1, 0.15) is 4.21 Å². The van der Waals surface area contributed by atoms with Crippen LogP contribution < -0.4 is 9.47 Å². The van der Waals surface area contributed by atoms with Gasteiger partial charge >= 0.3 is 6.01 Å². The average Bonchev–Trinajstić information content (AvgIpc) is 3.49. The maximum absolute atomic E-state index is 12.8. The molecule has 2 saturated heterocycles. The molecule has 172 valence electrons. The van der Waals surface area contributed by atoms with Crippen LogP contribution in [0.1, 0.15) is 24.8 Å². The predicted molar refractivity (Wildman–Crippen MR) is 120 cm³/mol. The van der Waals surface area contributed by atoms with Gasteiger partial charge in [0.25, 0.3) is 10.0 Å². The highest BCUT2D eigenvalue weighted by Gasteiger charge is 2.43. The first-order valence-corrected chi connectivity index (χ1v) is 12.6. The number of thiophene rings is 1. The molecule has 2 fully saturated rings. The number of hydrogen-bond acceptors (Lipinski definition) is 8. The van der Waals surface area contributed by atoms with Crippen LogP contribution in [0.4, 0.5) is 0 Å². The van der Waals surface area contributed by atoms with E-state index in [1.165, 1.54) is 31.6 Å². The summed E-state index contributed by atoms with van der Waals surface area (Å²) in [7, 11) is -0.451. The molecule has 11 heteroatoms. The van der Waals surface area contributed by atoms with Crippen molar-refractivity contribution in [1.82, 2.24) is 19.2 Å². The van der Waals surface area contributed by atoms with Crippen LogP contribution in [0, 0.1) is 5.41 Å². The first kappa shape index (κ1) is 22.7. The quantitative estimate of drug-likeness (QED) is 0.587. The largest absolute Gasteiger partial charge is 0.480 e. The molecule has 1 amide bonds. The van der Waals surface area contributed by atoms with E-state index < -0.39 is 10.0 Å². The van der Waals surface area contributed by atoms with E-state index in [2.05, 4.69) is 9.97 Å². The lowest BCUT2D eigenvalue weighted by molar-refractivity contribution is -0.125. The first-order chi connectivity index (χ1) is 15.4. The molecule has 9 nitrogen and oxygen atoms in total. The fourth-order valence-corrected chi connectivity index (χ4v) is 6.86. The molecule has 1 spiro atoms. The molecule has 0 atom stereocenters. The molecule has 4 rings (SSSR count). The monoisotopic (exact) mass is 478 g/mol. The van der Waals surface area contributed by atoms with Gasteiger partial charge < -0.3 is 14.4 Å². The Kier molecular flexibility index (Phi) is 6.50. The van der Waals surface area contributed by atoms with Crippen LogP contribution in [0.25, 0.3) is 6.08 Å². The van der Waals surface area contributed by atoms with E-state index in [-0.39, 0.29) is 17.3 Å². The third kappa shape index (κ3) is 4.50. The maximum Gasteiger partial charge on any atom is 0.319 e. The van der Waals surface area contributed by atoms with Crippen LogP contribution in [0.5, 0.6) is 11.9 Å². The molecule has 0 bridgehead atoms. The standard InChI is InChI=1S/C21H26N4O5S2/c1-29-19-16(14-22-20(23-19)30-2)5-6-17(26)24-10-7-21(15-24)8-11-25(12-9-21)32(27,28)18-4-3-13-31-18/h3-6,13-14H,7-12,15H2,1-2H3. The lowest BCUT2D eigenvalue weighted by atomic mass is 9.78. The zero-order valence-electron chi connectivity index (χ0n) is 18.1.